The van der Waals surface area contributed by atoms with Crippen LogP contribution >= 0.6 is 23.1 Å². The molecule has 0 saturated carbocycles. The zero-order valence-electron chi connectivity index (χ0n) is 14.2. The second-order valence-electron chi connectivity index (χ2n) is 5.28. The number of nitrogens with two attached hydrogens (primary N) is 1. The molecular weight excluding hydrogens is 374 g/mol. The van der Waals surface area contributed by atoms with Crippen molar-refractivity contribution in [1.29, 1.82) is 0 Å². The van der Waals surface area contributed by atoms with Gasteiger partial charge in [0.05, 0.1) is 17.4 Å². The molecule has 1 unspecified atom stereocenters. The van der Waals surface area contributed by atoms with Gasteiger partial charge < -0.3 is 21.7 Å². The first kappa shape index (κ1) is 19.7. The Bertz CT molecular complexity index is 809. The molecule has 5 N–H and O–H groups in total. The highest BCUT2D eigenvalue weighted by Gasteiger charge is 2.14. The second kappa shape index (κ2) is 9.20. The van der Waals surface area contributed by atoms with Gasteiger partial charge in [0.25, 0.3) is 0 Å². The first-order valence-electron chi connectivity index (χ1n) is 7.66. The van der Waals surface area contributed by atoms with Gasteiger partial charge in [-0.25, -0.2) is 9.78 Å². The van der Waals surface area contributed by atoms with Gasteiger partial charge in [-0.2, -0.15) is 0 Å². The number of thiazole rings is 1. The van der Waals surface area contributed by atoms with Crippen LogP contribution in [0.4, 0.5) is 16.2 Å². The maximum absolute atomic E-state index is 12.2. The molecule has 0 aliphatic carbocycles. The molecule has 2 aromatic rings. The highest BCUT2D eigenvalue weighted by atomic mass is 32.2. The molecule has 0 bridgehead atoms. The fraction of sp³-hybridized carbons (Fsp3) is 0.250. The molecule has 0 spiro atoms. The molecule has 0 saturated heterocycles. The number of carbonyl (C=O) groups excluding carboxylic acids is 3. The van der Waals surface area contributed by atoms with Crippen molar-refractivity contribution in [2.24, 2.45) is 5.73 Å². The highest BCUT2D eigenvalue weighted by Crippen LogP contribution is 2.26. The minimum absolute atomic E-state index is 0.106. The van der Waals surface area contributed by atoms with Gasteiger partial charge in [0.1, 0.15) is 0 Å². The van der Waals surface area contributed by atoms with E-state index in [-0.39, 0.29) is 23.6 Å². The number of hydrogen-bond donors (Lipinski definition) is 4. The molecule has 8 nitrogen and oxygen atoms in total. The summed E-state index contributed by atoms with van der Waals surface area (Å²) in [6, 6.07) is 6.48. The molecular formula is C16H19N5O3S2. The lowest BCUT2D eigenvalue weighted by Gasteiger charge is -2.08. The number of hydrogen-bond acceptors (Lipinski definition) is 6. The van der Waals surface area contributed by atoms with Crippen LogP contribution in [0.3, 0.4) is 0 Å². The molecule has 10 heteroatoms. The Balaban J connectivity index is 1.93. The fourth-order valence-corrected chi connectivity index (χ4v) is 3.80. The third kappa shape index (κ3) is 6.05. The zero-order valence-corrected chi connectivity index (χ0v) is 15.9. The number of benzene rings is 1. The van der Waals surface area contributed by atoms with E-state index in [0.717, 1.165) is 0 Å². The molecule has 0 aliphatic heterocycles. The maximum atomic E-state index is 12.2. The molecule has 26 heavy (non-hydrogen) atoms. The van der Waals surface area contributed by atoms with Crippen molar-refractivity contribution in [1.82, 2.24) is 10.3 Å². The average Bonchev–Trinajstić information content (AvgIpc) is 3.01. The number of thioether (sulfide) groups is 1. The van der Waals surface area contributed by atoms with Crippen molar-refractivity contribution >= 4 is 52.3 Å². The van der Waals surface area contributed by atoms with Crippen molar-refractivity contribution in [3.05, 3.63) is 35.3 Å². The molecule has 0 fully saturated rings. The number of nitrogens with one attached hydrogen (secondary N) is 3. The number of nitrogens with zero attached hydrogens (tertiary/aromatic N) is 1. The molecule has 138 valence electrons. The van der Waals surface area contributed by atoms with E-state index in [1.165, 1.54) is 30.1 Å². The summed E-state index contributed by atoms with van der Waals surface area (Å²) in [5, 5.41) is 9.25. The van der Waals surface area contributed by atoms with E-state index in [1.807, 2.05) is 0 Å². The first-order valence-corrected chi connectivity index (χ1v) is 9.42. The number of anilines is 2. The van der Waals surface area contributed by atoms with Gasteiger partial charge in [0, 0.05) is 23.8 Å². The van der Waals surface area contributed by atoms with Crippen LogP contribution in [0.15, 0.2) is 34.0 Å². The van der Waals surface area contributed by atoms with Gasteiger partial charge in [-0.1, -0.05) is 17.8 Å². The molecule has 4 amide bonds. The molecule has 1 heterocycles. The lowest BCUT2D eigenvalue weighted by Crippen LogP contribution is -2.24. The Hall–Kier alpha value is -2.59. The minimum Gasteiger partial charge on any atom is -0.369 e. The maximum Gasteiger partial charge on any atom is 0.318 e. The van der Waals surface area contributed by atoms with Gasteiger partial charge in [-0.05, 0) is 25.1 Å². The molecule has 1 aromatic heterocycles. The average molecular weight is 393 g/mol. The van der Waals surface area contributed by atoms with Crippen molar-refractivity contribution in [3.8, 4) is 0 Å². The number of amides is 4. The Labute approximate surface area is 159 Å². The second-order valence-corrected chi connectivity index (χ2v) is 7.72. The Kier molecular flexibility index (Phi) is 6.98. The predicted octanol–water partition coefficient (Wildman–Crippen LogP) is 2.04. The van der Waals surface area contributed by atoms with Crippen molar-refractivity contribution < 1.29 is 14.4 Å². The number of primary amides is 1. The Morgan fingerprint density at radius 2 is 1.96 bits per heavy atom. The summed E-state index contributed by atoms with van der Waals surface area (Å²) in [5.41, 5.74) is 6.98. The largest absolute Gasteiger partial charge is 0.369 e. The molecule has 1 aromatic carbocycles. The van der Waals surface area contributed by atoms with Gasteiger partial charge in [0.15, 0.2) is 4.34 Å². The minimum atomic E-state index is -0.408. The first-order chi connectivity index (χ1) is 12.4. The predicted molar refractivity (Wildman–Crippen MR) is 103 cm³/mol. The molecule has 0 aliphatic rings. The summed E-state index contributed by atoms with van der Waals surface area (Å²) < 4.78 is 0.691. The highest BCUT2D eigenvalue weighted by molar-refractivity contribution is 8.02. The molecule has 0 radical (unpaired) electrons. The zero-order chi connectivity index (χ0) is 19.1. The SMILES string of the molecule is CNC(=O)Nc1cccc(NC(=O)Cc2csc(SC(C)C(N)=O)n2)c1. The third-order valence-corrected chi connectivity index (χ3v) is 5.32. The summed E-state index contributed by atoms with van der Waals surface area (Å²) in [6.45, 7) is 1.71. The number of rotatable bonds is 7. The number of urea groups is 1. The number of carbonyl (C=O) groups is 3. The fourth-order valence-electron chi connectivity index (χ4n) is 1.87. The van der Waals surface area contributed by atoms with Crippen LogP contribution in [-0.2, 0) is 16.0 Å². The van der Waals surface area contributed by atoms with Crippen LogP contribution < -0.4 is 21.7 Å². The third-order valence-electron chi connectivity index (χ3n) is 3.18. The normalized spacial score (nSPS) is 11.5. The van der Waals surface area contributed by atoms with E-state index in [2.05, 4.69) is 20.9 Å². The monoisotopic (exact) mass is 393 g/mol. The van der Waals surface area contributed by atoms with Crippen LogP contribution in [0, 0.1) is 0 Å². The standard InChI is InChI=1S/C16H19N5O3S2/c1-9(14(17)23)26-16-21-12(8-25-16)7-13(22)19-10-4-3-5-11(6-10)20-15(24)18-2/h3-6,8-9H,7H2,1-2H3,(H2,17,23)(H,19,22)(H2,18,20,24). The van der Waals surface area contributed by atoms with E-state index < -0.39 is 5.91 Å². The summed E-state index contributed by atoms with van der Waals surface area (Å²) in [5.74, 6) is -0.637. The summed E-state index contributed by atoms with van der Waals surface area (Å²) in [4.78, 5) is 38.9. The smallest absolute Gasteiger partial charge is 0.318 e. The number of aromatic nitrogens is 1. The van der Waals surface area contributed by atoms with Crippen LogP contribution in [-0.4, -0.2) is 35.1 Å². The van der Waals surface area contributed by atoms with E-state index in [0.29, 0.717) is 21.4 Å². The Morgan fingerprint density at radius 1 is 1.27 bits per heavy atom. The van der Waals surface area contributed by atoms with E-state index in [4.69, 9.17) is 5.73 Å². The lowest BCUT2D eigenvalue weighted by molar-refractivity contribution is -0.117. The topological polar surface area (TPSA) is 126 Å². The van der Waals surface area contributed by atoms with Crippen molar-refractivity contribution in [3.63, 3.8) is 0 Å². The molecule has 1 atom stereocenters. The van der Waals surface area contributed by atoms with Gasteiger partial charge in [-0.3, -0.25) is 9.59 Å². The molecule has 2 rings (SSSR count). The van der Waals surface area contributed by atoms with E-state index >= 15 is 0 Å². The van der Waals surface area contributed by atoms with Gasteiger partial charge in [-0.15, -0.1) is 11.3 Å². The quantitative estimate of drug-likeness (QED) is 0.536. The van der Waals surface area contributed by atoms with Crippen LogP contribution in [0.2, 0.25) is 0 Å². The summed E-state index contributed by atoms with van der Waals surface area (Å²) in [7, 11) is 1.52. The van der Waals surface area contributed by atoms with Gasteiger partial charge >= 0.3 is 6.03 Å². The van der Waals surface area contributed by atoms with E-state index in [1.54, 1.807) is 36.6 Å². The summed E-state index contributed by atoms with van der Waals surface area (Å²) >= 11 is 2.63. The van der Waals surface area contributed by atoms with Crippen LogP contribution in [0.25, 0.3) is 0 Å². The lowest BCUT2D eigenvalue weighted by atomic mass is 10.2. The summed E-state index contributed by atoms with van der Waals surface area (Å²) in [6.07, 6.45) is 0.106. The van der Waals surface area contributed by atoms with Crippen LogP contribution in [0.5, 0.6) is 0 Å². The Morgan fingerprint density at radius 3 is 2.62 bits per heavy atom. The van der Waals surface area contributed by atoms with Crippen molar-refractivity contribution in [2.45, 2.75) is 22.9 Å². The van der Waals surface area contributed by atoms with Gasteiger partial charge in [0.2, 0.25) is 11.8 Å². The van der Waals surface area contributed by atoms with Crippen LogP contribution in [0.1, 0.15) is 12.6 Å². The van der Waals surface area contributed by atoms with Crippen molar-refractivity contribution in [2.75, 3.05) is 17.7 Å². The van der Waals surface area contributed by atoms with E-state index in [9.17, 15) is 14.4 Å².